The van der Waals surface area contributed by atoms with Crippen LogP contribution < -0.4 is 0 Å². The maximum absolute atomic E-state index is 12.5. The van der Waals surface area contributed by atoms with Crippen molar-refractivity contribution in [2.45, 2.75) is 19.4 Å². The number of ketones is 2. The van der Waals surface area contributed by atoms with Gasteiger partial charge in [-0.2, -0.15) is 0 Å². The van der Waals surface area contributed by atoms with E-state index in [-0.39, 0.29) is 0 Å². The van der Waals surface area contributed by atoms with Gasteiger partial charge in [0.05, 0.1) is 0 Å². The van der Waals surface area contributed by atoms with E-state index < -0.39 is 17.2 Å². The van der Waals surface area contributed by atoms with Gasteiger partial charge in [-0.05, 0) is 19.4 Å². The molecule has 0 amide bonds. The number of hydrogen-bond donors (Lipinski definition) is 1. The lowest BCUT2D eigenvalue weighted by molar-refractivity contribution is 0.0319. The largest absolute Gasteiger partial charge is 0.370 e. The van der Waals surface area contributed by atoms with E-state index in [0.29, 0.717) is 16.7 Å². The number of Topliss-reactive ketones (excluding diaryl/α,β-unsaturated/α-hetero) is 2. The summed E-state index contributed by atoms with van der Waals surface area (Å²) in [4.78, 5) is 25.0. The van der Waals surface area contributed by atoms with Crippen molar-refractivity contribution in [2.75, 3.05) is 0 Å². The average Bonchev–Trinajstić information content (AvgIpc) is 2.65. The number of aryl methyl sites for hydroxylation is 2. The van der Waals surface area contributed by atoms with Gasteiger partial charge in [0.1, 0.15) is 0 Å². The van der Waals surface area contributed by atoms with Gasteiger partial charge < -0.3 is 5.11 Å². The molecule has 0 saturated heterocycles. The SMILES string of the molecule is Cc1ccc(C)c(C2(O)C(=O)c3ccccc3C2=O)c1. The van der Waals surface area contributed by atoms with Crippen LogP contribution in [0.4, 0.5) is 0 Å². The summed E-state index contributed by atoms with van der Waals surface area (Å²) >= 11 is 0. The number of fused-ring (bicyclic) bond motifs is 1. The second kappa shape index (κ2) is 4.12. The standard InChI is InChI=1S/C17H14O3/c1-10-7-8-11(2)14(9-10)17(20)15(18)12-5-3-4-6-13(12)16(17)19/h3-9,20H,1-2H3. The molecule has 3 rings (SSSR count). The molecule has 100 valence electrons. The highest BCUT2D eigenvalue weighted by atomic mass is 16.3. The quantitative estimate of drug-likeness (QED) is 0.807. The van der Waals surface area contributed by atoms with Crippen LogP contribution in [0, 0.1) is 13.8 Å². The zero-order valence-corrected chi connectivity index (χ0v) is 11.3. The van der Waals surface area contributed by atoms with Crippen molar-refractivity contribution in [2.24, 2.45) is 0 Å². The van der Waals surface area contributed by atoms with E-state index in [2.05, 4.69) is 0 Å². The molecule has 1 aliphatic rings. The van der Waals surface area contributed by atoms with E-state index in [1.165, 1.54) is 0 Å². The van der Waals surface area contributed by atoms with E-state index in [4.69, 9.17) is 0 Å². The van der Waals surface area contributed by atoms with Crippen molar-refractivity contribution in [3.63, 3.8) is 0 Å². The Labute approximate surface area is 116 Å². The highest BCUT2D eigenvalue weighted by Crippen LogP contribution is 2.39. The van der Waals surface area contributed by atoms with Crippen molar-refractivity contribution in [3.05, 3.63) is 70.3 Å². The molecule has 0 spiro atoms. The smallest absolute Gasteiger partial charge is 0.216 e. The van der Waals surface area contributed by atoms with Crippen LogP contribution >= 0.6 is 0 Å². The summed E-state index contributed by atoms with van der Waals surface area (Å²) in [6.07, 6.45) is 0. The van der Waals surface area contributed by atoms with Crippen molar-refractivity contribution >= 4 is 11.6 Å². The van der Waals surface area contributed by atoms with Crippen LogP contribution in [0.25, 0.3) is 0 Å². The molecule has 0 aromatic heterocycles. The zero-order chi connectivity index (χ0) is 14.5. The first-order chi connectivity index (χ1) is 9.46. The lowest BCUT2D eigenvalue weighted by atomic mass is 9.85. The Morgan fingerprint density at radius 1 is 0.900 bits per heavy atom. The van der Waals surface area contributed by atoms with Gasteiger partial charge in [-0.3, -0.25) is 9.59 Å². The summed E-state index contributed by atoms with van der Waals surface area (Å²) in [7, 11) is 0. The fourth-order valence-electron chi connectivity index (χ4n) is 2.74. The van der Waals surface area contributed by atoms with Gasteiger partial charge in [0, 0.05) is 16.7 Å². The van der Waals surface area contributed by atoms with E-state index in [9.17, 15) is 14.7 Å². The molecule has 3 heteroatoms. The predicted octanol–water partition coefficient (Wildman–Crippen LogP) is 2.57. The third-order valence-electron chi connectivity index (χ3n) is 3.86. The summed E-state index contributed by atoms with van der Waals surface area (Å²) in [5.74, 6) is -1.07. The van der Waals surface area contributed by atoms with Crippen molar-refractivity contribution in [1.82, 2.24) is 0 Å². The van der Waals surface area contributed by atoms with Gasteiger partial charge in [-0.1, -0.05) is 48.0 Å². The lowest BCUT2D eigenvalue weighted by Crippen LogP contribution is -2.38. The number of carbonyl (C=O) groups is 2. The summed E-state index contributed by atoms with van der Waals surface area (Å²) in [6, 6.07) is 12.0. The number of carbonyl (C=O) groups excluding carboxylic acids is 2. The van der Waals surface area contributed by atoms with Gasteiger partial charge in [0.25, 0.3) is 0 Å². The molecule has 1 N–H and O–H groups in total. The Bertz CT molecular complexity index is 709. The topological polar surface area (TPSA) is 54.4 Å². The maximum Gasteiger partial charge on any atom is 0.216 e. The Hall–Kier alpha value is -2.26. The van der Waals surface area contributed by atoms with Gasteiger partial charge in [0.2, 0.25) is 17.2 Å². The lowest BCUT2D eigenvalue weighted by Gasteiger charge is -2.22. The molecule has 3 nitrogen and oxygen atoms in total. The highest BCUT2D eigenvalue weighted by molar-refractivity contribution is 6.31. The van der Waals surface area contributed by atoms with Crippen LogP contribution in [0.1, 0.15) is 37.4 Å². The first-order valence-electron chi connectivity index (χ1n) is 6.45. The van der Waals surface area contributed by atoms with Crippen molar-refractivity contribution in [3.8, 4) is 0 Å². The molecule has 0 fully saturated rings. The third-order valence-corrected chi connectivity index (χ3v) is 3.86. The number of hydrogen-bond acceptors (Lipinski definition) is 3. The minimum atomic E-state index is -2.08. The molecule has 20 heavy (non-hydrogen) atoms. The molecule has 0 heterocycles. The van der Waals surface area contributed by atoms with Crippen molar-refractivity contribution < 1.29 is 14.7 Å². The first-order valence-corrected chi connectivity index (χ1v) is 6.45. The summed E-state index contributed by atoms with van der Waals surface area (Å²) < 4.78 is 0. The summed E-state index contributed by atoms with van der Waals surface area (Å²) in [5.41, 5.74) is 0.508. The van der Waals surface area contributed by atoms with E-state index >= 15 is 0 Å². The average molecular weight is 266 g/mol. The number of aliphatic hydroxyl groups is 1. The molecule has 0 aliphatic heterocycles. The van der Waals surface area contributed by atoms with Crippen molar-refractivity contribution in [1.29, 1.82) is 0 Å². The molecular formula is C17H14O3. The van der Waals surface area contributed by atoms with Gasteiger partial charge in [-0.15, -0.1) is 0 Å². The normalized spacial score (nSPS) is 16.4. The van der Waals surface area contributed by atoms with E-state index in [1.807, 2.05) is 19.1 Å². The van der Waals surface area contributed by atoms with Gasteiger partial charge in [0.15, 0.2) is 0 Å². The Kier molecular flexibility index (Phi) is 2.63. The molecule has 0 radical (unpaired) electrons. The second-order valence-electron chi connectivity index (χ2n) is 5.23. The molecular weight excluding hydrogens is 252 g/mol. The third kappa shape index (κ3) is 1.50. The predicted molar refractivity (Wildman–Crippen MR) is 74.9 cm³/mol. The number of benzene rings is 2. The van der Waals surface area contributed by atoms with Crippen LogP contribution in [0.5, 0.6) is 0 Å². The van der Waals surface area contributed by atoms with Gasteiger partial charge in [-0.25, -0.2) is 0 Å². The molecule has 0 atom stereocenters. The molecule has 2 aromatic carbocycles. The zero-order valence-electron chi connectivity index (χ0n) is 11.3. The Morgan fingerprint density at radius 3 is 2.00 bits per heavy atom. The monoisotopic (exact) mass is 266 g/mol. The summed E-state index contributed by atoms with van der Waals surface area (Å²) in [6.45, 7) is 3.65. The Morgan fingerprint density at radius 2 is 1.45 bits per heavy atom. The van der Waals surface area contributed by atoms with Crippen LogP contribution in [-0.2, 0) is 5.60 Å². The highest BCUT2D eigenvalue weighted by Gasteiger charge is 2.53. The fraction of sp³-hybridized carbons (Fsp3) is 0.176. The van der Waals surface area contributed by atoms with Crippen LogP contribution in [0.2, 0.25) is 0 Å². The molecule has 0 saturated carbocycles. The molecule has 0 unspecified atom stereocenters. The fourth-order valence-corrected chi connectivity index (χ4v) is 2.74. The Balaban J connectivity index is 2.27. The van der Waals surface area contributed by atoms with Gasteiger partial charge >= 0.3 is 0 Å². The summed E-state index contributed by atoms with van der Waals surface area (Å²) in [5, 5.41) is 10.8. The molecule has 0 bridgehead atoms. The number of rotatable bonds is 1. The first kappa shape index (κ1) is 12.8. The van der Waals surface area contributed by atoms with Crippen LogP contribution in [0.15, 0.2) is 42.5 Å². The molecule has 1 aliphatic carbocycles. The minimum Gasteiger partial charge on any atom is -0.370 e. The minimum absolute atomic E-state index is 0.293. The molecule has 2 aromatic rings. The van der Waals surface area contributed by atoms with Crippen LogP contribution in [0.3, 0.4) is 0 Å². The van der Waals surface area contributed by atoms with Crippen LogP contribution in [-0.4, -0.2) is 16.7 Å². The maximum atomic E-state index is 12.5. The van der Waals surface area contributed by atoms with E-state index in [0.717, 1.165) is 11.1 Å². The second-order valence-corrected chi connectivity index (χ2v) is 5.23. The van der Waals surface area contributed by atoms with E-state index in [1.54, 1.807) is 37.3 Å².